The molecule has 0 heterocycles. The number of carboxylic acids is 1. The van der Waals surface area contributed by atoms with Crippen LogP contribution in [0.4, 0.5) is 0 Å². The summed E-state index contributed by atoms with van der Waals surface area (Å²) in [7, 11) is 0. The Morgan fingerprint density at radius 1 is 1.00 bits per heavy atom. The van der Waals surface area contributed by atoms with Crippen molar-refractivity contribution in [3.63, 3.8) is 0 Å². The van der Waals surface area contributed by atoms with Gasteiger partial charge in [-0.25, -0.2) is 4.79 Å². The third-order valence-electron chi connectivity index (χ3n) is 6.06. The summed E-state index contributed by atoms with van der Waals surface area (Å²) in [5, 5.41) is 9.05. The van der Waals surface area contributed by atoms with Crippen LogP contribution in [0.1, 0.15) is 77.6 Å². The average Bonchev–Trinajstić information content (AvgIpc) is 2.53. The van der Waals surface area contributed by atoms with E-state index in [1.165, 1.54) is 57.8 Å². The molecule has 1 N–H and O–H groups in total. The highest BCUT2D eigenvalue weighted by molar-refractivity contribution is 5.86. The highest BCUT2D eigenvalue weighted by Gasteiger charge is 2.32. The number of hydrogen-bond acceptors (Lipinski definition) is 1. The molecule has 2 rings (SSSR count). The summed E-state index contributed by atoms with van der Waals surface area (Å²) in [4.78, 5) is 11.0. The van der Waals surface area contributed by atoms with Gasteiger partial charge in [-0.15, -0.1) is 0 Å². The molecule has 21 heavy (non-hydrogen) atoms. The summed E-state index contributed by atoms with van der Waals surface area (Å²) in [5.41, 5.74) is 0.441. The van der Waals surface area contributed by atoms with Crippen LogP contribution in [0.25, 0.3) is 0 Å². The Hall–Kier alpha value is -0.790. The Bertz CT molecular complexity index is 345. The molecule has 2 aliphatic carbocycles. The molecule has 2 aliphatic rings. The Balaban J connectivity index is 1.71. The zero-order chi connectivity index (χ0) is 15.2. The molecule has 0 saturated heterocycles. The highest BCUT2D eigenvalue weighted by atomic mass is 16.4. The van der Waals surface area contributed by atoms with Gasteiger partial charge in [0.15, 0.2) is 0 Å². The number of carboxylic acid groups (broad SMARTS) is 1. The summed E-state index contributed by atoms with van der Waals surface area (Å²) in [6, 6.07) is 0. The minimum Gasteiger partial charge on any atom is -0.478 e. The summed E-state index contributed by atoms with van der Waals surface area (Å²) in [6.45, 7) is 6.04. The lowest BCUT2D eigenvalue weighted by Gasteiger charge is -2.38. The fraction of sp³-hybridized carbons (Fsp3) is 0.842. The standard InChI is InChI=1S/C19H32O2/c1-3-4-5-15-6-8-17(9-7-15)18-12-10-16(11-13-18)14(2)19(20)21/h15-18H,2-13H2,1H3,(H,20,21). The topological polar surface area (TPSA) is 37.3 Å². The lowest BCUT2D eigenvalue weighted by atomic mass is 9.68. The van der Waals surface area contributed by atoms with E-state index in [1.807, 2.05) is 0 Å². The zero-order valence-electron chi connectivity index (χ0n) is 13.7. The Morgan fingerprint density at radius 3 is 2.00 bits per heavy atom. The van der Waals surface area contributed by atoms with Gasteiger partial charge in [-0.2, -0.15) is 0 Å². The van der Waals surface area contributed by atoms with Gasteiger partial charge in [-0.1, -0.05) is 45.6 Å². The summed E-state index contributed by atoms with van der Waals surface area (Å²) < 4.78 is 0. The predicted octanol–water partition coefficient (Wildman–Crippen LogP) is 5.43. The second-order valence-corrected chi connectivity index (χ2v) is 7.37. The fourth-order valence-electron chi connectivity index (χ4n) is 4.55. The van der Waals surface area contributed by atoms with Gasteiger partial charge >= 0.3 is 5.97 Å². The van der Waals surface area contributed by atoms with E-state index in [0.29, 0.717) is 5.57 Å². The first-order valence-corrected chi connectivity index (χ1v) is 9.03. The van der Waals surface area contributed by atoms with Gasteiger partial charge in [0.25, 0.3) is 0 Å². The zero-order valence-corrected chi connectivity index (χ0v) is 13.7. The van der Waals surface area contributed by atoms with Gasteiger partial charge in [-0.05, 0) is 62.2 Å². The molecule has 2 nitrogen and oxygen atoms in total. The van der Waals surface area contributed by atoms with Crippen LogP contribution in [0.2, 0.25) is 0 Å². The molecule has 0 aliphatic heterocycles. The van der Waals surface area contributed by atoms with E-state index in [0.717, 1.165) is 30.6 Å². The van der Waals surface area contributed by atoms with E-state index >= 15 is 0 Å². The van der Waals surface area contributed by atoms with Crippen LogP contribution in [0, 0.1) is 23.7 Å². The maximum Gasteiger partial charge on any atom is 0.331 e. The van der Waals surface area contributed by atoms with Crippen LogP contribution in [0.15, 0.2) is 12.2 Å². The van der Waals surface area contributed by atoms with E-state index in [4.69, 9.17) is 5.11 Å². The maximum absolute atomic E-state index is 11.0. The maximum atomic E-state index is 11.0. The van der Waals surface area contributed by atoms with E-state index in [2.05, 4.69) is 13.5 Å². The molecule has 0 unspecified atom stereocenters. The molecule has 0 aromatic carbocycles. The molecule has 2 saturated carbocycles. The van der Waals surface area contributed by atoms with Crippen molar-refractivity contribution in [3.8, 4) is 0 Å². The Labute approximate surface area is 130 Å². The van der Waals surface area contributed by atoms with Crippen LogP contribution < -0.4 is 0 Å². The molecule has 0 spiro atoms. The normalized spacial score (nSPS) is 33.6. The number of hydrogen-bond donors (Lipinski definition) is 1. The average molecular weight is 292 g/mol. The second kappa shape index (κ2) is 8.00. The van der Waals surface area contributed by atoms with Crippen molar-refractivity contribution in [1.29, 1.82) is 0 Å². The van der Waals surface area contributed by atoms with E-state index in [1.54, 1.807) is 0 Å². The number of aliphatic carboxylic acids is 1. The highest BCUT2D eigenvalue weighted by Crippen LogP contribution is 2.43. The van der Waals surface area contributed by atoms with Crippen LogP contribution in [-0.4, -0.2) is 11.1 Å². The third kappa shape index (κ3) is 4.59. The van der Waals surface area contributed by atoms with Crippen LogP contribution in [0.5, 0.6) is 0 Å². The van der Waals surface area contributed by atoms with Crippen molar-refractivity contribution in [1.82, 2.24) is 0 Å². The quantitative estimate of drug-likeness (QED) is 0.663. The minimum atomic E-state index is -0.796. The first kappa shape index (κ1) is 16.6. The molecular formula is C19H32O2. The van der Waals surface area contributed by atoms with Crippen molar-refractivity contribution >= 4 is 5.97 Å². The largest absolute Gasteiger partial charge is 0.478 e. The van der Waals surface area contributed by atoms with Crippen LogP contribution in [0.3, 0.4) is 0 Å². The number of rotatable bonds is 6. The monoisotopic (exact) mass is 292 g/mol. The Morgan fingerprint density at radius 2 is 1.52 bits per heavy atom. The van der Waals surface area contributed by atoms with Crippen molar-refractivity contribution in [2.75, 3.05) is 0 Å². The van der Waals surface area contributed by atoms with Gasteiger partial charge < -0.3 is 5.11 Å². The lowest BCUT2D eigenvalue weighted by molar-refractivity contribution is -0.133. The molecule has 0 atom stereocenters. The number of carbonyl (C=O) groups is 1. The summed E-state index contributed by atoms with van der Waals surface area (Å²) >= 11 is 0. The van der Waals surface area contributed by atoms with Gasteiger partial charge in [0.1, 0.15) is 0 Å². The first-order valence-electron chi connectivity index (χ1n) is 9.03. The van der Waals surface area contributed by atoms with E-state index in [-0.39, 0.29) is 5.92 Å². The molecule has 0 radical (unpaired) electrons. The van der Waals surface area contributed by atoms with Gasteiger partial charge in [-0.3, -0.25) is 0 Å². The van der Waals surface area contributed by atoms with Gasteiger partial charge in [0, 0.05) is 5.57 Å². The van der Waals surface area contributed by atoms with Crippen molar-refractivity contribution in [3.05, 3.63) is 12.2 Å². The Kier molecular flexibility index (Phi) is 6.32. The molecule has 2 fully saturated rings. The smallest absolute Gasteiger partial charge is 0.331 e. The predicted molar refractivity (Wildman–Crippen MR) is 87.2 cm³/mol. The first-order chi connectivity index (χ1) is 10.1. The van der Waals surface area contributed by atoms with Crippen molar-refractivity contribution in [2.45, 2.75) is 77.6 Å². The number of unbranched alkanes of at least 4 members (excludes halogenated alkanes) is 1. The molecular weight excluding hydrogens is 260 g/mol. The van der Waals surface area contributed by atoms with Crippen molar-refractivity contribution in [2.24, 2.45) is 23.7 Å². The third-order valence-corrected chi connectivity index (χ3v) is 6.06. The van der Waals surface area contributed by atoms with Gasteiger partial charge in [0.2, 0.25) is 0 Å². The van der Waals surface area contributed by atoms with Crippen molar-refractivity contribution < 1.29 is 9.90 Å². The molecule has 2 heteroatoms. The van der Waals surface area contributed by atoms with Crippen LogP contribution >= 0.6 is 0 Å². The minimum absolute atomic E-state index is 0.236. The molecule has 0 bridgehead atoms. The lowest BCUT2D eigenvalue weighted by Crippen LogP contribution is -2.27. The molecule has 120 valence electrons. The van der Waals surface area contributed by atoms with Gasteiger partial charge in [0.05, 0.1) is 0 Å². The second-order valence-electron chi connectivity index (χ2n) is 7.37. The molecule has 0 aromatic rings. The summed E-state index contributed by atoms with van der Waals surface area (Å²) in [5.74, 6) is 2.20. The van der Waals surface area contributed by atoms with Crippen LogP contribution in [-0.2, 0) is 4.79 Å². The fourth-order valence-corrected chi connectivity index (χ4v) is 4.55. The molecule has 0 amide bonds. The summed E-state index contributed by atoms with van der Waals surface area (Å²) in [6.07, 6.45) is 14.4. The molecule has 0 aromatic heterocycles. The van der Waals surface area contributed by atoms with E-state index in [9.17, 15) is 4.79 Å². The van der Waals surface area contributed by atoms with E-state index < -0.39 is 5.97 Å². The SMILES string of the molecule is C=C(C(=O)O)C1CCC(C2CCC(CCCC)CC2)CC1.